The van der Waals surface area contributed by atoms with E-state index in [1.165, 1.54) is 64.0 Å². The second-order valence-electron chi connectivity index (χ2n) is 6.41. The van der Waals surface area contributed by atoms with E-state index < -0.39 is 0 Å². The summed E-state index contributed by atoms with van der Waals surface area (Å²) in [5, 5.41) is 0. The van der Waals surface area contributed by atoms with Gasteiger partial charge >= 0.3 is 0 Å². The van der Waals surface area contributed by atoms with Crippen molar-refractivity contribution < 1.29 is 14.5 Å². The third kappa shape index (κ3) is 3.33. The summed E-state index contributed by atoms with van der Waals surface area (Å²) in [4.78, 5) is 3.65. The highest BCUT2D eigenvalue weighted by Gasteiger charge is 2.31. The number of ether oxygens (including phenoxy) is 1. The van der Waals surface area contributed by atoms with Crippen LogP contribution in [0.2, 0.25) is 0 Å². The van der Waals surface area contributed by atoms with Gasteiger partial charge in [0.2, 0.25) is 0 Å². The molecular formula is C17H28N2O+2. The molecule has 2 saturated heterocycles. The molecule has 0 amide bonds. The maximum absolute atomic E-state index is 5.22. The molecule has 0 aromatic heterocycles. The molecular weight excluding hydrogens is 248 g/mol. The first-order valence-corrected chi connectivity index (χ1v) is 8.16. The van der Waals surface area contributed by atoms with Gasteiger partial charge < -0.3 is 14.5 Å². The summed E-state index contributed by atoms with van der Waals surface area (Å²) in [6.45, 7) is 6.73. The van der Waals surface area contributed by atoms with Crippen molar-refractivity contribution in [2.45, 2.75) is 38.3 Å². The van der Waals surface area contributed by atoms with Gasteiger partial charge in [0, 0.05) is 31.2 Å². The Balaban J connectivity index is 1.47. The summed E-state index contributed by atoms with van der Waals surface area (Å²) in [7, 11) is 1.73. The van der Waals surface area contributed by atoms with E-state index in [1.54, 1.807) is 12.0 Å². The van der Waals surface area contributed by atoms with E-state index in [1.807, 2.05) is 4.90 Å². The van der Waals surface area contributed by atoms with Crippen LogP contribution < -0.4 is 14.5 Å². The van der Waals surface area contributed by atoms with Crippen LogP contribution in [0.15, 0.2) is 24.3 Å². The Labute approximate surface area is 122 Å². The fraction of sp³-hybridized carbons (Fsp3) is 0.647. The van der Waals surface area contributed by atoms with Gasteiger partial charge in [-0.2, -0.15) is 0 Å². The molecule has 0 bridgehead atoms. The highest BCUT2D eigenvalue weighted by Crippen LogP contribution is 2.10. The van der Waals surface area contributed by atoms with Gasteiger partial charge in [0.1, 0.15) is 12.3 Å². The Morgan fingerprint density at radius 2 is 1.65 bits per heavy atom. The first-order valence-electron chi connectivity index (χ1n) is 8.16. The lowest BCUT2D eigenvalue weighted by Gasteiger charge is -2.32. The number of methoxy groups -OCH3 is 1. The molecule has 20 heavy (non-hydrogen) atoms. The van der Waals surface area contributed by atoms with E-state index in [-0.39, 0.29) is 0 Å². The van der Waals surface area contributed by atoms with Gasteiger partial charge in [-0.05, 0) is 24.3 Å². The zero-order chi connectivity index (χ0) is 13.8. The van der Waals surface area contributed by atoms with Crippen LogP contribution in [0.1, 0.15) is 31.2 Å². The topological polar surface area (TPSA) is 18.1 Å². The Morgan fingerprint density at radius 1 is 1.00 bits per heavy atom. The fourth-order valence-electron chi connectivity index (χ4n) is 3.88. The molecule has 1 aromatic rings. The molecule has 3 nitrogen and oxygen atoms in total. The number of benzene rings is 1. The van der Waals surface area contributed by atoms with E-state index in [0.29, 0.717) is 0 Å². The maximum Gasteiger partial charge on any atom is 0.118 e. The average molecular weight is 276 g/mol. The highest BCUT2D eigenvalue weighted by molar-refractivity contribution is 5.26. The van der Waals surface area contributed by atoms with E-state index in [0.717, 1.165) is 11.8 Å². The van der Waals surface area contributed by atoms with Gasteiger partial charge in [0.15, 0.2) is 0 Å². The molecule has 3 heteroatoms. The number of hydrogen-bond donors (Lipinski definition) is 2. The van der Waals surface area contributed by atoms with Crippen LogP contribution in [0.4, 0.5) is 0 Å². The van der Waals surface area contributed by atoms with Crippen molar-refractivity contribution in [3.05, 3.63) is 29.8 Å². The van der Waals surface area contributed by atoms with Crippen molar-refractivity contribution in [3.63, 3.8) is 0 Å². The molecule has 2 aliphatic rings. The van der Waals surface area contributed by atoms with Gasteiger partial charge in [0.25, 0.3) is 0 Å². The van der Waals surface area contributed by atoms with Crippen molar-refractivity contribution in [1.29, 1.82) is 0 Å². The Hall–Kier alpha value is -1.06. The number of nitrogens with one attached hydrogen (secondary N) is 2. The van der Waals surface area contributed by atoms with Gasteiger partial charge in [-0.3, -0.25) is 0 Å². The summed E-state index contributed by atoms with van der Waals surface area (Å²) in [5.41, 5.74) is 1.44. The van der Waals surface area contributed by atoms with E-state index in [4.69, 9.17) is 4.74 Å². The molecule has 0 unspecified atom stereocenters. The summed E-state index contributed by atoms with van der Waals surface area (Å²) in [5.74, 6) is 0.958. The maximum atomic E-state index is 5.22. The number of rotatable bonds is 4. The van der Waals surface area contributed by atoms with E-state index in [9.17, 15) is 0 Å². The number of hydrogen-bond acceptors (Lipinski definition) is 1. The normalized spacial score (nSPS) is 27.6. The second kappa shape index (κ2) is 6.59. The van der Waals surface area contributed by atoms with Crippen LogP contribution in [0.25, 0.3) is 0 Å². The van der Waals surface area contributed by atoms with Crippen molar-refractivity contribution in [2.24, 2.45) is 0 Å². The highest BCUT2D eigenvalue weighted by atomic mass is 16.5. The van der Waals surface area contributed by atoms with Crippen molar-refractivity contribution >= 4 is 0 Å². The van der Waals surface area contributed by atoms with Crippen molar-refractivity contribution in [3.8, 4) is 5.75 Å². The van der Waals surface area contributed by atoms with Crippen LogP contribution in [0.3, 0.4) is 0 Å². The molecule has 2 N–H and O–H groups in total. The summed E-state index contributed by atoms with van der Waals surface area (Å²) in [6, 6.07) is 9.54. The van der Waals surface area contributed by atoms with Gasteiger partial charge in [-0.1, -0.05) is 0 Å². The molecule has 2 aliphatic heterocycles. The van der Waals surface area contributed by atoms with E-state index >= 15 is 0 Å². The summed E-state index contributed by atoms with van der Waals surface area (Å²) < 4.78 is 5.22. The Bertz CT molecular complexity index is 404. The standard InChI is InChI=1S/C17H26N2O/c1-20-17-6-4-15(5-7-17)14-18-12-8-16(9-13-18)19-10-2-3-11-19/h4-7,16H,2-3,8-14H2,1H3/p+2. The molecule has 1 aromatic carbocycles. The predicted molar refractivity (Wildman–Crippen MR) is 80.3 cm³/mol. The largest absolute Gasteiger partial charge is 0.497 e. The lowest BCUT2D eigenvalue weighted by Crippen LogP contribution is -3.19. The molecule has 0 aliphatic carbocycles. The molecule has 0 saturated carbocycles. The van der Waals surface area contributed by atoms with Crippen LogP contribution in [-0.2, 0) is 6.54 Å². The first kappa shape index (κ1) is 13.9. The smallest absolute Gasteiger partial charge is 0.118 e. The van der Waals surface area contributed by atoms with Crippen LogP contribution >= 0.6 is 0 Å². The number of quaternary nitrogens is 2. The predicted octanol–water partition coefficient (Wildman–Crippen LogP) is -0.0788. The molecule has 110 valence electrons. The third-order valence-corrected chi connectivity index (χ3v) is 5.13. The Morgan fingerprint density at radius 3 is 2.25 bits per heavy atom. The SMILES string of the molecule is COc1ccc(C[NH+]2CCC([NH+]3CCCC3)CC2)cc1. The zero-order valence-electron chi connectivity index (χ0n) is 12.7. The van der Waals surface area contributed by atoms with Crippen molar-refractivity contribution in [1.82, 2.24) is 0 Å². The lowest BCUT2D eigenvalue weighted by atomic mass is 10.0. The molecule has 0 atom stereocenters. The monoisotopic (exact) mass is 276 g/mol. The van der Waals surface area contributed by atoms with Crippen molar-refractivity contribution in [2.75, 3.05) is 33.3 Å². The molecule has 0 radical (unpaired) electrons. The summed E-state index contributed by atoms with van der Waals surface area (Å²) >= 11 is 0. The zero-order valence-corrected chi connectivity index (χ0v) is 12.7. The minimum absolute atomic E-state index is 0.956. The fourth-order valence-corrected chi connectivity index (χ4v) is 3.88. The van der Waals surface area contributed by atoms with E-state index in [2.05, 4.69) is 24.3 Å². The minimum Gasteiger partial charge on any atom is -0.497 e. The quantitative estimate of drug-likeness (QED) is 0.787. The van der Waals surface area contributed by atoms with Crippen LogP contribution in [-0.4, -0.2) is 39.3 Å². The second-order valence-corrected chi connectivity index (χ2v) is 6.41. The van der Waals surface area contributed by atoms with Crippen LogP contribution in [0.5, 0.6) is 5.75 Å². The molecule has 0 spiro atoms. The number of likely N-dealkylation sites (tertiary alicyclic amines) is 2. The number of piperidine rings is 1. The van der Waals surface area contributed by atoms with Gasteiger partial charge in [-0.15, -0.1) is 0 Å². The van der Waals surface area contributed by atoms with Crippen LogP contribution in [0, 0.1) is 0 Å². The summed E-state index contributed by atoms with van der Waals surface area (Å²) in [6.07, 6.45) is 5.74. The van der Waals surface area contributed by atoms with Gasteiger partial charge in [-0.25, -0.2) is 0 Å². The first-order chi connectivity index (χ1) is 9.85. The lowest BCUT2D eigenvalue weighted by molar-refractivity contribution is -0.957. The molecule has 2 fully saturated rings. The Kier molecular flexibility index (Phi) is 4.58. The molecule has 2 heterocycles. The van der Waals surface area contributed by atoms with Gasteiger partial charge in [0.05, 0.1) is 39.3 Å². The minimum atomic E-state index is 0.956. The third-order valence-electron chi connectivity index (χ3n) is 5.13. The average Bonchev–Trinajstić information content (AvgIpc) is 3.03. The molecule has 3 rings (SSSR count).